The van der Waals surface area contributed by atoms with E-state index in [1.165, 1.54) is 11.8 Å². The molecule has 1 amide bonds. The lowest BCUT2D eigenvalue weighted by Crippen LogP contribution is -2.42. The Balaban J connectivity index is 1.81. The standard InChI is InChI=1S/C28H32N4O2S2/c1-6-31-25(30-14-18(3)11-19(4)15-30)22(20(5)23(13-29)26(31)33)12-24-27(34)32(28(35)36-24)16-21-9-7-17(2)8-10-21/h7-10,12,18-19H,6,11,14-16H2,1-5H3. The Kier molecular flexibility index (Phi) is 7.72. The molecule has 0 spiro atoms. The molecule has 2 aliphatic heterocycles. The highest BCUT2D eigenvalue weighted by atomic mass is 32.2. The summed E-state index contributed by atoms with van der Waals surface area (Å²) in [5, 5.41) is 9.81. The molecule has 0 aliphatic carbocycles. The molecule has 0 radical (unpaired) electrons. The minimum atomic E-state index is -0.276. The Morgan fingerprint density at radius 2 is 1.78 bits per heavy atom. The summed E-state index contributed by atoms with van der Waals surface area (Å²) in [5.74, 6) is 1.60. The van der Waals surface area contributed by atoms with Crippen LogP contribution in [0.25, 0.3) is 6.08 Å². The Labute approximate surface area is 222 Å². The van der Waals surface area contributed by atoms with Crippen molar-refractivity contribution >= 4 is 46.1 Å². The summed E-state index contributed by atoms with van der Waals surface area (Å²) in [6.45, 7) is 12.7. The van der Waals surface area contributed by atoms with Crippen LogP contribution in [0.4, 0.5) is 5.82 Å². The van der Waals surface area contributed by atoms with Crippen LogP contribution < -0.4 is 10.5 Å². The average Bonchev–Trinajstić information content (AvgIpc) is 3.09. The molecular weight excluding hydrogens is 488 g/mol. The average molecular weight is 521 g/mol. The first-order valence-corrected chi connectivity index (χ1v) is 13.6. The van der Waals surface area contributed by atoms with E-state index >= 15 is 0 Å². The quantitative estimate of drug-likeness (QED) is 0.397. The fourth-order valence-electron chi connectivity index (χ4n) is 5.26. The van der Waals surface area contributed by atoms with E-state index in [1.54, 1.807) is 16.4 Å². The van der Waals surface area contributed by atoms with Gasteiger partial charge in [-0.05, 0) is 56.2 Å². The van der Waals surface area contributed by atoms with Crippen molar-refractivity contribution in [1.29, 1.82) is 5.26 Å². The van der Waals surface area contributed by atoms with E-state index in [0.717, 1.165) is 42.0 Å². The van der Waals surface area contributed by atoms with E-state index in [-0.39, 0.29) is 17.0 Å². The number of rotatable bonds is 5. The Bertz CT molecular complexity index is 1330. The second kappa shape index (κ2) is 10.6. The number of benzene rings is 1. The highest BCUT2D eigenvalue weighted by Gasteiger charge is 2.34. The summed E-state index contributed by atoms with van der Waals surface area (Å²) in [4.78, 5) is 31.1. The monoisotopic (exact) mass is 520 g/mol. The number of nitrogens with zero attached hydrogens (tertiary/aromatic N) is 4. The third kappa shape index (κ3) is 5.00. The van der Waals surface area contributed by atoms with Crippen LogP contribution in [0.1, 0.15) is 55.0 Å². The van der Waals surface area contributed by atoms with Crippen molar-refractivity contribution in [2.45, 2.75) is 54.1 Å². The van der Waals surface area contributed by atoms with Gasteiger partial charge in [-0.3, -0.25) is 19.1 Å². The van der Waals surface area contributed by atoms with E-state index in [0.29, 0.717) is 39.7 Å². The number of aryl methyl sites for hydroxylation is 1. The predicted molar refractivity (Wildman–Crippen MR) is 151 cm³/mol. The van der Waals surface area contributed by atoms with E-state index in [2.05, 4.69) is 24.8 Å². The summed E-state index contributed by atoms with van der Waals surface area (Å²) in [6.07, 6.45) is 2.98. The number of piperidine rings is 1. The van der Waals surface area contributed by atoms with E-state index in [4.69, 9.17) is 12.2 Å². The number of nitriles is 1. The number of carbonyl (C=O) groups is 1. The smallest absolute Gasteiger partial charge is 0.270 e. The maximum absolute atomic E-state index is 13.5. The lowest BCUT2D eigenvalue weighted by atomic mass is 9.91. The van der Waals surface area contributed by atoms with E-state index in [9.17, 15) is 14.9 Å². The fourth-order valence-corrected chi connectivity index (χ4v) is 6.49. The van der Waals surface area contributed by atoms with Gasteiger partial charge in [0.1, 0.15) is 21.8 Å². The molecule has 8 heteroatoms. The third-order valence-corrected chi connectivity index (χ3v) is 8.32. The minimum absolute atomic E-state index is 0.125. The number of thiocarbonyl (C=S) groups is 1. The van der Waals surface area contributed by atoms with Crippen LogP contribution in [-0.4, -0.2) is 32.8 Å². The van der Waals surface area contributed by atoms with Gasteiger partial charge in [0.05, 0.1) is 11.4 Å². The molecule has 2 saturated heterocycles. The molecule has 2 atom stereocenters. The number of pyridine rings is 1. The van der Waals surface area contributed by atoms with Gasteiger partial charge < -0.3 is 4.90 Å². The summed E-state index contributed by atoms with van der Waals surface area (Å²) >= 11 is 6.86. The molecule has 0 bridgehead atoms. The van der Waals surface area contributed by atoms with Gasteiger partial charge >= 0.3 is 0 Å². The van der Waals surface area contributed by atoms with E-state index < -0.39 is 0 Å². The number of anilines is 1. The van der Waals surface area contributed by atoms with Crippen LogP contribution in [0.5, 0.6) is 0 Å². The first kappa shape index (κ1) is 26.2. The molecule has 3 heterocycles. The molecule has 2 fully saturated rings. The molecule has 2 unspecified atom stereocenters. The van der Waals surface area contributed by atoms with Crippen LogP contribution in [0.3, 0.4) is 0 Å². The van der Waals surface area contributed by atoms with Gasteiger partial charge in [-0.2, -0.15) is 5.26 Å². The Hall–Kier alpha value is -2.89. The number of hydrogen-bond donors (Lipinski definition) is 0. The maximum Gasteiger partial charge on any atom is 0.270 e. The second-order valence-corrected chi connectivity index (χ2v) is 11.7. The summed E-state index contributed by atoms with van der Waals surface area (Å²) in [7, 11) is 0. The second-order valence-electron chi connectivity index (χ2n) is 10.0. The molecule has 188 valence electrons. The largest absolute Gasteiger partial charge is 0.357 e. The molecule has 1 aromatic heterocycles. The number of thioether (sulfide) groups is 1. The normalized spacial score (nSPS) is 21.4. The van der Waals surface area contributed by atoms with Crippen LogP contribution in [-0.2, 0) is 17.9 Å². The zero-order valence-electron chi connectivity index (χ0n) is 21.5. The molecule has 6 nitrogen and oxygen atoms in total. The van der Waals surface area contributed by atoms with Gasteiger partial charge in [-0.1, -0.05) is 67.7 Å². The Morgan fingerprint density at radius 1 is 1.14 bits per heavy atom. The molecule has 0 N–H and O–H groups in total. The third-order valence-electron chi connectivity index (χ3n) is 6.94. The lowest BCUT2D eigenvalue weighted by molar-refractivity contribution is -0.122. The molecule has 4 rings (SSSR count). The van der Waals surface area contributed by atoms with Gasteiger partial charge in [-0.15, -0.1) is 0 Å². The number of hydrogen-bond acceptors (Lipinski definition) is 6. The molecular formula is C28H32N4O2S2. The van der Waals surface area contributed by atoms with Crippen molar-refractivity contribution in [1.82, 2.24) is 9.47 Å². The van der Waals surface area contributed by atoms with Crippen molar-refractivity contribution in [2.24, 2.45) is 11.8 Å². The number of carbonyl (C=O) groups excluding carboxylic acids is 1. The number of aromatic nitrogens is 1. The van der Waals surface area contributed by atoms with Crippen molar-refractivity contribution < 1.29 is 4.79 Å². The van der Waals surface area contributed by atoms with Crippen LogP contribution >= 0.6 is 24.0 Å². The zero-order chi connectivity index (χ0) is 26.1. The van der Waals surface area contributed by atoms with Gasteiger partial charge in [0.2, 0.25) is 0 Å². The first-order valence-electron chi connectivity index (χ1n) is 12.4. The number of amides is 1. The van der Waals surface area contributed by atoms with E-state index in [1.807, 2.05) is 44.2 Å². The SMILES string of the molecule is CCn1c(N2CC(C)CC(C)C2)c(C=C2SC(=S)N(Cc3ccc(C)cc3)C2=O)c(C)c(C#N)c1=O. The van der Waals surface area contributed by atoms with Crippen LogP contribution in [0.2, 0.25) is 0 Å². The van der Waals surface area contributed by atoms with Crippen molar-refractivity contribution in [3.63, 3.8) is 0 Å². The van der Waals surface area contributed by atoms with Crippen molar-refractivity contribution in [3.05, 3.63) is 67.3 Å². The van der Waals surface area contributed by atoms with Crippen LogP contribution in [0, 0.1) is 37.0 Å². The molecule has 0 saturated carbocycles. The fraction of sp³-hybridized carbons (Fsp3) is 0.429. The summed E-state index contributed by atoms with van der Waals surface area (Å²) in [5.41, 5.74) is 3.38. The lowest BCUT2D eigenvalue weighted by Gasteiger charge is -2.38. The molecule has 2 aliphatic rings. The van der Waals surface area contributed by atoms with Gasteiger partial charge in [0.15, 0.2) is 0 Å². The molecule has 2 aromatic rings. The molecule has 36 heavy (non-hydrogen) atoms. The highest BCUT2D eigenvalue weighted by molar-refractivity contribution is 8.26. The summed E-state index contributed by atoms with van der Waals surface area (Å²) < 4.78 is 2.20. The van der Waals surface area contributed by atoms with Crippen molar-refractivity contribution in [2.75, 3.05) is 18.0 Å². The Morgan fingerprint density at radius 3 is 2.36 bits per heavy atom. The van der Waals surface area contributed by atoms with Gasteiger partial charge in [0, 0.05) is 25.2 Å². The summed E-state index contributed by atoms with van der Waals surface area (Å²) in [6, 6.07) is 10.2. The first-order chi connectivity index (χ1) is 17.1. The predicted octanol–water partition coefficient (Wildman–Crippen LogP) is 5.24. The maximum atomic E-state index is 13.5. The minimum Gasteiger partial charge on any atom is -0.357 e. The van der Waals surface area contributed by atoms with Gasteiger partial charge in [0.25, 0.3) is 11.5 Å². The van der Waals surface area contributed by atoms with Crippen LogP contribution in [0.15, 0.2) is 34.0 Å². The topological polar surface area (TPSA) is 69.3 Å². The van der Waals surface area contributed by atoms with Gasteiger partial charge in [-0.25, -0.2) is 0 Å². The highest BCUT2D eigenvalue weighted by Crippen LogP contribution is 2.37. The zero-order valence-corrected chi connectivity index (χ0v) is 23.1. The molecule has 1 aromatic carbocycles. The van der Waals surface area contributed by atoms with Crippen molar-refractivity contribution in [3.8, 4) is 6.07 Å².